The lowest BCUT2D eigenvalue weighted by atomic mass is 9.97. The number of benzene rings is 1. The van der Waals surface area contributed by atoms with Crippen LogP contribution in [0.5, 0.6) is 0 Å². The molecule has 0 unspecified atom stereocenters. The Balaban J connectivity index is 2.67. The molecule has 0 fully saturated rings. The van der Waals surface area contributed by atoms with Gasteiger partial charge < -0.3 is 10.9 Å². The smallest absolute Gasteiger partial charge is 0.409 e. The quantitative estimate of drug-likeness (QED) is 0.284. The van der Waals surface area contributed by atoms with E-state index in [0.29, 0.717) is 6.07 Å². The van der Waals surface area contributed by atoms with Crippen molar-refractivity contribution in [1.29, 1.82) is 0 Å². The third kappa shape index (κ3) is 3.58. The molecular formula is C14H9F6N3O. The first-order chi connectivity index (χ1) is 11.0. The Hall–Kier alpha value is -2.78. The second-order valence-corrected chi connectivity index (χ2v) is 4.67. The van der Waals surface area contributed by atoms with E-state index < -0.39 is 34.9 Å². The zero-order valence-corrected chi connectivity index (χ0v) is 11.7. The number of nitrogens with zero attached hydrogens (tertiary/aromatic N) is 2. The summed E-state index contributed by atoms with van der Waals surface area (Å²) in [4.78, 5) is 3.71. The van der Waals surface area contributed by atoms with Crippen molar-refractivity contribution < 1.29 is 31.5 Å². The Morgan fingerprint density at radius 1 is 1.00 bits per heavy atom. The van der Waals surface area contributed by atoms with Gasteiger partial charge in [0, 0.05) is 6.20 Å². The highest BCUT2D eigenvalue weighted by atomic mass is 19.4. The molecule has 0 radical (unpaired) electrons. The number of hydrogen-bond donors (Lipinski definition) is 2. The monoisotopic (exact) mass is 349 g/mol. The van der Waals surface area contributed by atoms with Crippen molar-refractivity contribution in [3.05, 3.63) is 53.3 Å². The Bertz CT molecular complexity index is 783. The van der Waals surface area contributed by atoms with E-state index in [-0.39, 0.29) is 17.3 Å². The molecule has 0 aliphatic rings. The van der Waals surface area contributed by atoms with Crippen LogP contribution in [0.4, 0.5) is 26.3 Å². The molecule has 1 aromatic heterocycles. The van der Waals surface area contributed by atoms with Gasteiger partial charge >= 0.3 is 12.4 Å². The molecule has 0 spiro atoms. The minimum atomic E-state index is -5.00. The van der Waals surface area contributed by atoms with Gasteiger partial charge in [0.05, 0.1) is 11.1 Å². The van der Waals surface area contributed by atoms with Crippen LogP contribution in [0.1, 0.15) is 16.8 Å². The van der Waals surface area contributed by atoms with Gasteiger partial charge in [-0.2, -0.15) is 26.3 Å². The van der Waals surface area contributed by atoms with Crippen molar-refractivity contribution in [2.75, 3.05) is 0 Å². The maximum Gasteiger partial charge on any atom is 0.417 e. The minimum Gasteiger partial charge on any atom is -0.409 e. The van der Waals surface area contributed by atoms with E-state index in [9.17, 15) is 26.3 Å². The number of halogens is 6. The largest absolute Gasteiger partial charge is 0.417 e. The fourth-order valence-electron chi connectivity index (χ4n) is 2.00. The standard InChI is InChI=1S/C14H9F6N3O/c15-13(16,17)8-1-2-9(10(6-8)14(18,19)20)7-3-4-22-11(5-7)12(21)23-24/h1-6,24H,(H2,21,23). The lowest BCUT2D eigenvalue weighted by Crippen LogP contribution is -2.15. The van der Waals surface area contributed by atoms with E-state index in [2.05, 4.69) is 10.1 Å². The number of alkyl halides is 6. The molecule has 0 saturated heterocycles. The van der Waals surface area contributed by atoms with Gasteiger partial charge in [-0.25, -0.2) is 0 Å². The van der Waals surface area contributed by atoms with E-state index in [0.717, 1.165) is 18.3 Å². The molecule has 0 aliphatic carbocycles. The van der Waals surface area contributed by atoms with E-state index >= 15 is 0 Å². The topological polar surface area (TPSA) is 71.5 Å². The minimum absolute atomic E-state index is 0.0406. The van der Waals surface area contributed by atoms with Gasteiger partial charge in [-0.1, -0.05) is 11.2 Å². The van der Waals surface area contributed by atoms with Crippen molar-refractivity contribution in [2.24, 2.45) is 10.9 Å². The molecule has 1 heterocycles. The van der Waals surface area contributed by atoms with Gasteiger partial charge in [-0.15, -0.1) is 0 Å². The Kier molecular flexibility index (Phi) is 4.41. The number of aromatic nitrogens is 1. The molecule has 0 aliphatic heterocycles. The van der Waals surface area contributed by atoms with Crippen LogP contribution in [0.15, 0.2) is 41.7 Å². The maximum absolute atomic E-state index is 13.2. The van der Waals surface area contributed by atoms with Gasteiger partial charge in [0.25, 0.3) is 0 Å². The number of pyridine rings is 1. The van der Waals surface area contributed by atoms with Gasteiger partial charge in [0.1, 0.15) is 5.69 Å². The number of nitrogens with two attached hydrogens (primary N) is 1. The van der Waals surface area contributed by atoms with Gasteiger partial charge in [-0.3, -0.25) is 4.98 Å². The van der Waals surface area contributed by atoms with Crippen molar-refractivity contribution in [2.45, 2.75) is 12.4 Å². The average molecular weight is 349 g/mol. The third-order valence-corrected chi connectivity index (χ3v) is 3.09. The molecule has 4 nitrogen and oxygen atoms in total. The van der Waals surface area contributed by atoms with Gasteiger partial charge in [0.2, 0.25) is 0 Å². The number of oxime groups is 1. The van der Waals surface area contributed by atoms with Crippen LogP contribution in [0.3, 0.4) is 0 Å². The molecule has 1 aromatic carbocycles. The molecule has 0 bridgehead atoms. The first-order valence-electron chi connectivity index (χ1n) is 6.27. The Morgan fingerprint density at radius 3 is 2.21 bits per heavy atom. The molecule has 3 N–H and O–H groups in total. The fourth-order valence-corrected chi connectivity index (χ4v) is 2.00. The molecule has 10 heteroatoms. The highest BCUT2D eigenvalue weighted by Crippen LogP contribution is 2.40. The van der Waals surface area contributed by atoms with Crippen molar-refractivity contribution in [3.8, 4) is 11.1 Å². The number of amidine groups is 1. The molecule has 24 heavy (non-hydrogen) atoms. The predicted octanol–water partition coefficient (Wildman–Crippen LogP) is 3.88. The second kappa shape index (κ2) is 6.02. The summed E-state index contributed by atoms with van der Waals surface area (Å²) < 4.78 is 77.5. The Labute approximate surface area is 131 Å². The predicted molar refractivity (Wildman–Crippen MR) is 72.2 cm³/mol. The molecule has 128 valence electrons. The third-order valence-electron chi connectivity index (χ3n) is 3.09. The van der Waals surface area contributed by atoms with E-state index in [4.69, 9.17) is 10.9 Å². The van der Waals surface area contributed by atoms with Crippen molar-refractivity contribution >= 4 is 5.84 Å². The summed E-state index contributed by atoms with van der Waals surface area (Å²) in [5, 5.41) is 11.2. The first-order valence-corrected chi connectivity index (χ1v) is 6.27. The number of hydrogen-bond acceptors (Lipinski definition) is 3. The maximum atomic E-state index is 13.2. The SMILES string of the molecule is NC(=NO)c1cc(-c2ccc(C(F)(F)F)cc2C(F)(F)F)ccn1. The van der Waals surface area contributed by atoms with Crippen LogP contribution in [-0.2, 0) is 12.4 Å². The molecule has 2 rings (SSSR count). The summed E-state index contributed by atoms with van der Waals surface area (Å²) in [6, 6.07) is 3.56. The van der Waals surface area contributed by atoms with Crippen LogP contribution in [-0.4, -0.2) is 16.0 Å². The summed E-state index contributed by atoms with van der Waals surface area (Å²) in [6.45, 7) is 0. The highest BCUT2D eigenvalue weighted by Gasteiger charge is 2.38. The lowest BCUT2D eigenvalue weighted by Gasteiger charge is -2.16. The molecule has 2 aromatic rings. The molecule has 0 saturated carbocycles. The summed E-state index contributed by atoms with van der Waals surface area (Å²) in [5.41, 5.74) is 1.77. The van der Waals surface area contributed by atoms with E-state index in [1.807, 2.05) is 0 Å². The van der Waals surface area contributed by atoms with Gasteiger partial charge in [-0.05, 0) is 35.4 Å². The molecule has 0 amide bonds. The van der Waals surface area contributed by atoms with E-state index in [1.165, 1.54) is 6.07 Å². The zero-order valence-electron chi connectivity index (χ0n) is 11.7. The number of rotatable bonds is 2. The first kappa shape index (κ1) is 17.6. The Morgan fingerprint density at radius 2 is 1.67 bits per heavy atom. The van der Waals surface area contributed by atoms with Crippen LogP contribution in [0.25, 0.3) is 11.1 Å². The molecular weight excluding hydrogens is 340 g/mol. The summed E-state index contributed by atoms with van der Waals surface area (Å²) >= 11 is 0. The zero-order chi connectivity index (χ0) is 18.1. The van der Waals surface area contributed by atoms with Crippen molar-refractivity contribution in [1.82, 2.24) is 4.98 Å². The highest BCUT2D eigenvalue weighted by molar-refractivity contribution is 5.96. The summed E-state index contributed by atoms with van der Waals surface area (Å²) in [7, 11) is 0. The van der Waals surface area contributed by atoms with Crippen LogP contribution >= 0.6 is 0 Å². The second-order valence-electron chi connectivity index (χ2n) is 4.67. The van der Waals surface area contributed by atoms with Crippen LogP contribution < -0.4 is 5.73 Å². The van der Waals surface area contributed by atoms with Crippen LogP contribution in [0, 0.1) is 0 Å². The van der Waals surface area contributed by atoms with Crippen LogP contribution in [0.2, 0.25) is 0 Å². The van der Waals surface area contributed by atoms with E-state index in [1.54, 1.807) is 0 Å². The summed E-state index contributed by atoms with van der Waals surface area (Å²) in [6.07, 6.45) is -8.81. The van der Waals surface area contributed by atoms with Crippen molar-refractivity contribution in [3.63, 3.8) is 0 Å². The average Bonchev–Trinajstić information content (AvgIpc) is 2.52. The fraction of sp³-hybridized carbons (Fsp3) is 0.143. The lowest BCUT2D eigenvalue weighted by molar-refractivity contribution is -0.142. The summed E-state index contributed by atoms with van der Waals surface area (Å²) in [5.74, 6) is -0.447. The normalized spacial score (nSPS) is 13.2. The molecule has 0 atom stereocenters. The van der Waals surface area contributed by atoms with Gasteiger partial charge in [0.15, 0.2) is 5.84 Å².